The minimum Gasteiger partial charge on any atom is -0.506 e. The molecule has 0 aliphatic carbocycles. The van der Waals surface area contributed by atoms with Gasteiger partial charge in [-0.05, 0) is 18.1 Å². The van der Waals surface area contributed by atoms with Gasteiger partial charge < -0.3 is 5.11 Å². The number of hydrogen-bond donors (Lipinski definition) is 1. The van der Waals surface area contributed by atoms with Crippen molar-refractivity contribution in [1.29, 1.82) is 0 Å². The van der Waals surface area contributed by atoms with Crippen molar-refractivity contribution in [2.75, 3.05) is 0 Å². The normalized spacial score (nSPS) is 11.2. The predicted molar refractivity (Wildman–Crippen MR) is 80.7 cm³/mol. The highest BCUT2D eigenvalue weighted by atomic mass is 19.1. The molecule has 2 heterocycles. The molecular formula is C17H15FN2O. The first-order valence-electron chi connectivity index (χ1n) is 6.79. The Balaban J connectivity index is 2.17. The topological polar surface area (TPSA) is 46.0 Å². The molecular weight excluding hydrogens is 267 g/mol. The molecule has 0 amide bonds. The van der Waals surface area contributed by atoms with Crippen molar-refractivity contribution < 1.29 is 9.50 Å². The first-order chi connectivity index (χ1) is 10.1. The maximum absolute atomic E-state index is 14.6. The van der Waals surface area contributed by atoms with Crippen LogP contribution in [0, 0.1) is 5.82 Å². The molecule has 0 aliphatic rings. The summed E-state index contributed by atoms with van der Waals surface area (Å²) < 4.78 is 14.6. The van der Waals surface area contributed by atoms with Gasteiger partial charge in [0.15, 0.2) is 0 Å². The van der Waals surface area contributed by atoms with E-state index in [9.17, 15) is 9.50 Å². The number of aromatic nitrogens is 2. The van der Waals surface area contributed by atoms with E-state index in [4.69, 9.17) is 0 Å². The van der Waals surface area contributed by atoms with E-state index in [1.165, 1.54) is 0 Å². The summed E-state index contributed by atoms with van der Waals surface area (Å²) in [6, 6.07) is 6.71. The van der Waals surface area contributed by atoms with Gasteiger partial charge in [-0.3, -0.25) is 9.97 Å². The minimum absolute atomic E-state index is 0.0942. The molecule has 0 fully saturated rings. The van der Waals surface area contributed by atoms with E-state index < -0.39 is 0 Å². The monoisotopic (exact) mass is 282 g/mol. The molecule has 0 bridgehead atoms. The van der Waals surface area contributed by atoms with Gasteiger partial charge in [0.25, 0.3) is 0 Å². The lowest BCUT2D eigenvalue weighted by atomic mass is 10.0. The third kappa shape index (κ3) is 2.33. The molecule has 0 saturated heterocycles. The summed E-state index contributed by atoms with van der Waals surface area (Å²) in [7, 11) is 0. The highest BCUT2D eigenvalue weighted by molar-refractivity contribution is 5.87. The molecule has 1 aromatic carbocycles. The summed E-state index contributed by atoms with van der Waals surface area (Å²) in [4.78, 5) is 8.23. The SMILES string of the molecule is CC(C)c1ncc(-c2ccc3cnccc3c2F)cc1O. The van der Waals surface area contributed by atoms with Gasteiger partial charge in [0.05, 0.1) is 5.69 Å². The Labute approximate surface area is 122 Å². The lowest BCUT2D eigenvalue weighted by Gasteiger charge is -2.10. The Bertz CT molecular complexity index is 815. The maximum Gasteiger partial charge on any atom is 0.139 e. The lowest BCUT2D eigenvalue weighted by Crippen LogP contribution is -1.95. The number of benzene rings is 1. The average Bonchev–Trinajstić information content (AvgIpc) is 2.47. The van der Waals surface area contributed by atoms with E-state index in [2.05, 4.69) is 9.97 Å². The second-order valence-electron chi connectivity index (χ2n) is 5.31. The average molecular weight is 282 g/mol. The van der Waals surface area contributed by atoms with Gasteiger partial charge in [-0.2, -0.15) is 0 Å². The largest absolute Gasteiger partial charge is 0.506 e. The van der Waals surface area contributed by atoms with Gasteiger partial charge in [-0.1, -0.05) is 26.0 Å². The first-order valence-corrected chi connectivity index (χ1v) is 6.79. The van der Waals surface area contributed by atoms with E-state index in [-0.39, 0.29) is 17.5 Å². The van der Waals surface area contributed by atoms with Crippen molar-refractivity contribution in [3.8, 4) is 16.9 Å². The molecule has 21 heavy (non-hydrogen) atoms. The molecule has 0 unspecified atom stereocenters. The predicted octanol–water partition coefficient (Wildman–Crippen LogP) is 4.26. The Morgan fingerprint density at radius 2 is 1.95 bits per heavy atom. The molecule has 106 valence electrons. The van der Waals surface area contributed by atoms with Crippen LogP contribution in [0.1, 0.15) is 25.5 Å². The van der Waals surface area contributed by atoms with Crippen molar-refractivity contribution in [1.82, 2.24) is 9.97 Å². The highest BCUT2D eigenvalue weighted by Crippen LogP contribution is 2.32. The van der Waals surface area contributed by atoms with Crippen LogP contribution in [-0.4, -0.2) is 15.1 Å². The number of nitrogens with zero attached hydrogens (tertiary/aromatic N) is 2. The van der Waals surface area contributed by atoms with Crippen LogP contribution >= 0.6 is 0 Å². The Kier molecular flexibility index (Phi) is 3.29. The number of hydrogen-bond acceptors (Lipinski definition) is 3. The fraction of sp³-hybridized carbons (Fsp3) is 0.176. The van der Waals surface area contributed by atoms with Crippen LogP contribution in [0.4, 0.5) is 4.39 Å². The van der Waals surface area contributed by atoms with Crippen LogP contribution in [0.3, 0.4) is 0 Å². The fourth-order valence-corrected chi connectivity index (χ4v) is 2.41. The lowest BCUT2D eigenvalue weighted by molar-refractivity contribution is 0.460. The summed E-state index contributed by atoms with van der Waals surface area (Å²) in [5, 5.41) is 11.3. The Morgan fingerprint density at radius 1 is 1.14 bits per heavy atom. The Morgan fingerprint density at radius 3 is 2.67 bits per heavy atom. The van der Waals surface area contributed by atoms with Gasteiger partial charge >= 0.3 is 0 Å². The maximum atomic E-state index is 14.6. The van der Waals surface area contributed by atoms with Crippen molar-refractivity contribution >= 4 is 10.8 Å². The molecule has 2 aromatic heterocycles. The van der Waals surface area contributed by atoms with Gasteiger partial charge in [0.1, 0.15) is 11.6 Å². The van der Waals surface area contributed by atoms with Crippen LogP contribution in [0.15, 0.2) is 42.9 Å². The van der Waals surface area contributed by atoms with Crippen molar-refractivity contribution in [2.45, 2.75) is 19.8 Å². The quantitative estimate of drug-likeness (QED) is 0.763. The van der Waals surface area contributed by atoms with Gasteiger partial charge in [-0.25, -0.2) is 4.39 Å². The number of aromatic hydroxyl groups is 1. The van der Waals surface area contributed by atoms with Crippen LogP contribution in [0.2, 0.25) is 0 Å². The van der Waals surface area contributed by atoms with Gasteiger partial charge in [0.2, 0.25) is 0 Å². The molecule has 0 saturated carbocycles. The van der Waals surface area contributed by atoms with Crippen LogP contribution in [0.5, 0.6) is 5.75 Å². The molecule has 1 N–H and O–H groups in total. The van der Waals surface area contributed by atoms with Crippen LogP contribution in [-0.2, 0) is 0 Å². The zero-order valence-electron chi connectivity index (χ0n) is 11.8. The summed E-state index contributed by atoms with van der Waals surface area (Å²) >= 11 is 0. The number of fused-ring (bicyclic) bond motifs is 1. The van der Waals surface area contributed by atoms with E-state index >= 15 is 0 Å². The first kappa shape index (κ1) is 13.5. The van der Waals surface area contributed by atoms with E-state index in [0.717, 1.165) is 5.39 Å². The third-order valence-corrected chi connectivity index (χ3v) is 3.51. The number of pyridine rings is 2. The van der Waals surface area contributed by atoms with Gasteiger partial charge in [0, 0.05) is 40.5 Å². The fourth-order valence-electron chi connectivity index (χ4n) is 2.41. The van der Waals surface area contributed by atoms with Crippen LogP contribution < -0.4 is 0 Å². The summed E-state index contributed by atoms with van der Waals surface area (Å²) in [6.45, 7) is 3.90. The van der Waals surface area contributed by atoms with E-state index in [1.54, 1.807) is 36.8 Å². The molecule has 3 nitrogen and oxygen atoms in total. The smallest absolute Gasteiger partial charge is 0.139 e. The second-order valence-corrected chi connectivity index (χ2v) is 5.31. The van der Waals surface area contributed by atoms with Gasteiger partial charge in [-0.15, -0.1) is 0 Å². The summed E-state index contributed by atoms with van der Waals surface area (Å²) in [5.74, 6) is -0.114. The van der Waals surface area contributed by atoms with Crippen molar-refractivity contribution in [2.24, 2.45) is 0 Å². The minimum atomic E-state index is -0.326. The highest BCUT2D eigenvalue weighted by Gasteiger charge is 2.13. The zero-order chi connectivity index (χ0) is 15.0. The van der Waals surface area contributed by atoms with E-state index in [1.807, 2.05) is 19.9 Å². The van der Waals surface area contributed by atoms with Crippen molar-refractivity contribution in [3.63, 3.8) is 0 Å². The summed E-state index contributed by atoms with van der Waals surface area (Å²) in [6.07, 6.45) is 4.78. The molecule has 0 aliphatic heterocycles. The van der Waals surface area contributed by atoms with Crippen molar-refractivity contribution in [3.05, 3.63) is 54.4 Å². The molecule has 0 atom stereocenters. The second kappa shape index (κ2) is 5.13. The molecule has 4 heteroatoms. The number of halogens is 1. The van der Waals surface area contributed by atoms with E-state index in [0.29, 0.717) is 22.2 Å². The molecule has 0 spiro atoms. The zero-order valence-corrected chi connectivity index (χ0v) is 11.8. The molecule has 3 rings (SSSR count). The molecule has 0 radical (unpaired) electrons. The molecule has 3 aromatic rings. The summed E-state index contributed by atoms with van der Waals surface area (Å²) in [5.41, 5.74) is 1.60. The number of rotatable bonds is 2. The third-order valence-electron chi connectivity index (χ3n) is 3.51. The Hall–Kier alpha value is -2.49. The standard InChI is InChI=1S/C17H15FN2O/c1-10(2)17-15(21)7-12(9-20-17)13-4-3-11-8-19-6-5-14(11)16(13)18/h3-10,21H,1-2H3. The van der Waals surface area contributed by atoms with Crippen LogP contribution in [0.25, 0.3) is 21.9 Å².